The van der Waals surface area contributed by atoms with Crippen LogP contribution in [0.1, 0.15) is 24.5 Å². The molecule has 0 saturated carbocycles. The summed E-state index contributed by atoms with van der Waals surface area (Å²) in [7, 11) is 0. The number of amides is 2. The lowest BCUT2D eigenvalue weighted by atomic mass is 10.1. The maximum absolute atomic E-state index is 11.4. The van der Waals surface area contributed by atoms with Crippen molar-refractivity contribution in [2.45, 2.75) is 26.8 Å². The molecule has 0 aliphatic rings. The molecule has 92 valence electrons. The van der Waals surface area contributed by atoms with Crippen LogP contribution in [0, 0.1) is 6.92 Å². The highest BCUT2D eigenvalue weighted by atomic mass is 16.2. The second-order valence-electron chi connectivity index (χ2n) is 3.93. The summed E-state index contributed by atoms with van der Waals surface area (Å²) in [5.41, 5.74) is 2.12. The van der Waals surface area contributed by atoms with Gasteiger partial charge in [-0.2, -0.15) is 0 Å². The molecule has 0 aliphatic carbocycles. The molecule has 2 N–H and O–H groups in total. The Balaban J connectivity index is 2.40. The summed E-state index contributed by atoms with van der Waals surface area (Å²) >= 11 is 0. The zero-order valence-corrected chi connectivity index (χ0v) is 10.2. The summed E-state index contributed by atoms with van der Waals surface area (Å²) in [4.78, 5) is 22.7. The van der Waals surface area contributed by atoms with E-state index in [1.807, 2.05) is 38.1 Å². The highest BCUT2D eigenvalue weighted by Crippen LogP contribution is 2.02. The van der Waals surface area contributed by atoms with Gasteiger partial charge < -0.3 is 10.6 Å². The highest BCUT2D eigenvalue weighted by Gasteiger charge is 2.11. The summed E-state index contributed by atoms with van der Waals surface area (Å²) in [6.45, 7) is 4.82. The van der Waals surface area contributed by atoms with E-state index in [1.54, 1.807) is 0 Å². The van der Waals surface area contributed by atoms with Gasteiger partial charge in [0, 0.05) is 13.1 Å². The van der Waals surface area contributed by atoms with Gasteiger partial charge in [-0.15, -0.1) is 0 Å². The molecule has 1 rings (SSSR count). The Bertz CT molecular complexity index is 402. The van der Waals surface area contributed by atoms with Crippen LogP contribution in [0.2, 0.25) is 0 Å². The third-order valence-corrected chi connectivity index (χ3v) is 2.28. The third kappa shape index (κ3) is 4.68. The SMILES string of the molecule is CCCNC(=O)C(=O)NCc1cccc(C)c1. The first-order valence-corrected chi connectivity index (χ1v) is 5.75. The second kappa shape index (κ2) is 6.68. The first kappa shape index (κ1) is 13.2. The Morgan fingerprint density at radius 3 is 2.53 bits per heavy atom. The average Bonchev–Trinajstić information content (AvgIpc) is 2.33. The standard InChI is InChI=1S/C13H18N2O2/c1-3-7-14-12(16)13(17)15-9-11-6-4-5-10(2)8-11/h4-6,8H,3,7,9H2,1-2H3,(H,14,16)(H,15,17). The number of hydrogen-bond donors (Lipinski definition) is 2. The molecule has 4 heteroatoms. The van der Waals surface area contributed by atoms with Gasteiger partial charge in [-0.1, -0.05) is 36.8 Å². The fourth-order valence-corrected chi connectivity index (χ4v) is 1.40. The fourth-order valence-electron chi connectivity index (χ4n) is 1.40. The van der Waals surface area contributed by atoms with Crippen molar-refractivity contribution in [1.82, 2.24) is 10.6 Å². The van der Waals surface area contributed by atoms with E-state index in [0.717, 1.165) is 17.5 Å². The maximum atomic E-state index is 11.4. The lowest BCUT2D eigenvalue weighted by Gasteiger charge is -2.06. The quantitative estimate of drug-likeness (QED) is 0.767. The van der Waals surface area contributed by atoms with Gasteiger partial charge in [-0.25, -0.2) is 0 Å². The van der Waals surface area contributed by atoms with Crippen molar-refractivity contribution in [3.63, 3.8) is 0 Å². The largest absolute Gasteiger partial charge is 0.348 e. The minimum Gasteiger partial charge on any atom is -0.348 e. The molecule has 0 aromatic heterocycles. The summed E-state index contributed by atoms with van der Waals surface area (Å²) in [6.07, 6.45) is 0.816. The van der Waals surface area contributed by atoms with E-state index in [9.17, 15) is 9.59 Å². The van der Waals surface area contributed by atoms with Crippen LogP contribution >= 0.6 is 0 Å². The number of aryl methyl sites for hydroxylation is 1. The van der Waals surface area contributed by atoms with Crippen LogP contribution in [0.5, 0.6) is 0 Å². The number of rotatable bonds is 4. The van der Waals surface area contributed by atoms with Crippen LogP contribution in [0.15, 0.2) is 24.3 Å². The smallest absolute Gasteiger partial charge is 0.309 e. The van der Waals surface area contributed by atoms with Crippen LogP contribution in [0.25, 0.3) is 0 Å². The Morgan fingerprint density at radius 2 is 1.88 bits per heavy atom. The Hall–Kier alpha value is -1.84. The predicted octanol–water partition coefficient (Wildman–Crippen LogP) is 1.14. The fraction of sp³-hybridized carbons (Fsp3) is 0.385. The molecule has 1 aromatic rings. The van der Waals surface area contributed by atoms with E-state index in [4.69, 9.17) is 0 Å². The van der Waals surface area contributed by atoms with Crippen LogP contribution in [-0.2, 0) is 16.1 Å². The molecule has 0 spiro atoms. The van der Waals surface area contributed by atoms with Crippen molar-refractivity contribution in [1.29, 1.82) is 0 Å². The van der Waals surface area contributed by atoms with Gasteiger partial charge >= 0.3 is 11.8 Å². The molecule has 17 heavy (non-hydrogen) atoms. The zero-order valence-electron chi connectivity index (χ0n) is 10.2. The number of hydrogen-bond acceptors (Lipinski definition) is 2. The molecule has 0 atom stereocenters. The van der Waals surface area contributed by atoms with Crippen LogP contribution in [-0.4, -0.2) is 18.4 Å². The molecule has 0 saturated heterocycles. The number of benzene rings is 1. The third-order valence-electron chi connectivity index (χ3n) is 2.28. The molecule has 0 bridgehead atoms. The molecular formula is C13H18N2O2. The summed E-state index contributed by atoms with van der Waals surface area (Å²) in [6, 6.07) is 7.80. The monoisotopic (exact) mass is 234 g/mol. The Labute approximate surface area is 101 Å². The van der Waals surface area contributed by atoms with Gasteiger partial charge in [0.25, 0.3) is 0 Å². The van der Waals surface area contributed by atoms with Crippen molar-refractivity contribution in [3.05, 3.63) is 35.4 Å². The zero-order chi connectivity index (χ0) is 12.7. The molecule has 2 amide bonds. The lowest BCUT2D eigenvalue weighted by molar-refractivity contribution is -0.139. The van der Waals surface area contributed by atoms with E-state index < -0.39 is 11.8 Å². The van der Waals surface area contributed by atoms with Crippen molar-refractivity contribution in [3.8, 4) is 0 Å². The topological polar surface area (TPSA) is 58.2 Å². The van der Waals surface area contributed by atoms with E-state index in [0.29, 0.717) is 13.1 Å². The second-order valence-corrected chi connectivity index (χ2v) is 3.93. The van der Waals surface area contributed by atoms with Crippen LogP contribution < -0.4 is 10.6 Å². The highest BCUT2D eigenvalue weighted by molar-refractivity contribution is 6.35. The van der Waals surface area contributed by atoms with Crippen LogP contribution in [0.3, 0.4) is 0 Å². The van der Waals surface area contributed by atoms with Gasteiger partial charge in [-0.05, 0) is 18.9 Å². The normalized spacial score (nSPS) is 9.76. The van der Waals surface area contributed by atoms with Crippen molar-refractivity contribution in [2.24, 2.45) is 0 Å². The number of carbonyl (C=O) groups excluding carboxylic acids is 2. The van der Waals surface area contributed by atoms with E-state index in [2.05, 4.69) is 10.6 Å². The molecule has 0 heterocycles. The molecule has 0 unspecified atom stereocenters. The molecule has 0 aliphatic heterocycles. The number of nitrogens with one attached hydrogen (secondary N) is 2. The molecule has 1 aromatic carbocycles. The van der Waals surface area contributed by atoms with Gasteiger partial charge in [-0.3, -0.25) is 9.59 Å². The van der Waals surface area contributed by atoms with Crippen molar-refractivity contribution < 1.29 is 9.59 Å². The van der Waals surface area contributed by atoms with E-state index in [1.165, 1.54) is 0 Å². The van der Waals surface area contributed by atoms with Crippen molar-refractivity contribution in [2.75, 3.05) is 6.54 Å². The maximum Gasteiger partial charge on any atom is 0.309 e. The van der Waals surface area contributed by atoms with E-state index >= 15 is 0 Å². The Morgan fingerprint density at radius 1 is 1.18 bits per heavy atom. The minimum atomic E-state index is -0.583. The molecule has 0 fully saturated rings. The molecular weight excluding hydrogens is 216 g/mol. The van der Waals surface area contributed by atoms with Crippen LogP contribution in [0.4, 0.5) is 0 Å². The first-order chi connectivity index (χ1) is 8.13. The number of carbonyl (C=O) groups is 2. The van der Waals surface area contributed by atoms with E-state index in [-0.39, 0.29) is 0 Å². The van der Waals surface area contributed by atoms with Gasteiger partial charge in [0.2, 0.25) is 0 Å². The van der Waals surface area contributed by atoms with Gasteiger partial charge in [0.1, 0.15) is 0 Å². The van der Waals surface area contributed by atoms with Gasteiger partial charge in [0.15, 0.2) is 0 Å². The lowest BCUT2D eigenvalue weighted by Crippen LogP contribution is -2.39. The average molecular weight is 234 g/mol. The predicted molar refractivity (Wildman–Crippen MR) is 66.3 cm³/mol. The Kier molecular flexibility index (Phi) is 5.20. The molecule has 4 nitrogen and oxygen atoms in total. The summed E-state index contributed by atoms with van der Waals surface area (Å²) < 4.78 is 0. The minimum absolute atomic E-state index is 0.375. The van der Waals surface area contributed by atoms with Gasteiger partial charge in [0.05, 0.1) is 0 Å². The van der Waals surface area contributed by atoms with Crippen molar-refractivity contribution >= 4 is 11.8 Å². The molecule has 0 radical (unpaired) electrons. The summed E-state index contributed by atoms with van der Waals surface area (Å²) in [5.74, 6) is -1.15. The summed E-state index contributed by atoms with van der Waals surface area (Å²) in [5, 5.41) is 5.11. The first-order valence-electron chi connectivity index (χ1n) is 5.75.